The second-order valence-electron chi connectivity index (χ2n) is 14.4. The molecule has 7 nitrogen and oxygen atoms in total. The lowest BCUT2D eigenvalue weighted by molar-refractivity contribution is -0.199. The Hall–Kier alpha value is -2.49. The highest BCUT2D eigenvalue weighted by Gasteiger charge is 2.68. The number of rotatable bonds is 11. The van der Waals surface area contributed by atoms with Gasteiger partial charge < -0.3 is 24.7 Å². The van der Waals surface area contributed by atoms with Crippen LogP contribution in [0.4, 0.5) is 4.79 Å². The fourth-order valence-electron chi connectivity index (χ4n) is 8.39. The van der Waals surface area contributed by atoms with E-state index in [9.17, 15) is 9.59 Å². The van der Waals surface area contributed by atoms with Crippen LogP contribution in [-0.2, 0) is 18.8 Å². The number of nitrogens with one attached hydrogen (secondary N) is 2. The predicted octanol–water partition coefficient (Wildman–Crippen LogP) is 6.45. The SMILES string of the molecule is CSCC[C@H](NC(=O)OCC1c2ccccc2-c2ccccc21)C(=O)N[C@@H](CC(C)C)B1O[C@@H]2C[C@@H]3C[C@@H](C3(C)C)[C@]2(C)O1. The van der Waals surface area contributed by atoms with Crippen molar-refractivity contribution in [2.24, 2.45) is 23.2 Å². The summed E-state index contributed by atoms with van der Waals surface area (Å²) in [5.74, 6) is 1.58. The molecule has 44 heavy (non-hydrogen) atoms. The van der Waals surface area contributed by atoms with Crippen molar-refractivity contribution >= 4 is 30.9 Å². The zero-order chi connectivity index (χ0) is 31.2. The van der Waals surface area contributed by atoms with Crippen molar-refractivity contribution in [1.82, 2.24) is 10.6 Å². The van der Waals surface area contributed by atoms with Gasteiger partial charge in [0.2, 0.25) is 5.91 Å². The second kappa shape index (κ2) is 12.4. The van der Waals surface area contributed by atoms with Crippen molar-refractivity contribution in [2.45, 2.75) is 89.9 Å². The van der Waals surface area contributed by atoms with E-state index in [1.54, 1.807) is 11.8 Å². The molecule has 4 aliphatic carbocycles. The Morgan fingerprint density at radius 1 is 1.02 bits per heavy atom. The van der Waals surface area contributed by atoms with Crippen molar-refractivity contribution in [3.05, 3.63) is 59.7 Å². The summed E-state index contributed by atoms with van der Waals surface area (Å²) < 4.78 is 19.1. The summed E-state index contributed by atoms with van der Waals surface area (Å²) in [4.78, 5) is 27.0. The van der Waals surface area contributed by atoms with Gasteiger partial charge in [-0.3, -0.25) is 4.79 Å². The Kier molecular flexibility index (Phi) is 8.85. The van der Waals surface area contributed by atoms with Crippen LogP contribution in [0.15, 0.2) is 48.5 Å². The van der Waals surface area contributed by atoms with Gasteiger partial charge in [0.15, 0.2) is 0 Å². The van der Waals surface area contributed by atoms with Gasteiger partial charge in [-0.05, 0) is 90.0 Å². The number of alkyl carbamates (subject to hydrolysis) is 1. The Morgan fingerprint density at radius 2 is 1.68 bits per heavy atom. The minimum atomic E-state index is -0.723. The number of carbonyl (C=O) groups is 2. The summed E-state index contributed by atoms with van der Waals surface area (Å²) in [6, 6.07) is 15.8. The lowest BCUT2D eigenvalue weighted by Crippen LogP contribution is -2.65. The lowest BCUT2D eigenvalue weighted by atomic mass is 9.43. The fraction of sp³-hybridized carbons (Fsp3) is 0.600. The molecule has 2 amide bonds. The first kappa shape index (κ1) is 31.5. The Balaban J connectivity index is 1.11. The van der Waals surface area contributed by atoms with Crippen LogP contribution in [0.2, 0.25) is 0 Å². The third kappa shape index (κ3) is 5.69. The van der Waals surface area contributed by atoms with Gasteiger partial charge >= 0.3 is 13.2 Å². The topological polar surface area (TPSA) is 85.9 Å². The van der Waals surface area contributed by atoms with Crippen LogP contribution in [-0.4, -0.2) is 61.4 Å². The molecule has 9 heteroatoms. The van der Waals surface area contributed by atoms with Gasteiger partial charge in [-0.1, -0.05) is 76.2 Å². The molecule has 2 N–H and O–H groups in total. The first-order valence-electron chi connectivity index (χ1n) is 16.3. The first-order valence-corrected chi connectivity index (χ1v) is 17.7. The summed E-state index contributed by atoms with van der Waals surface area (Å²) >= 11 is 1.64. The lowest BCUT2D eigenvalue weighted by Gasteiger charge is -2.64. The molecule has 0 spiro atoms. The van der Waals surface area contributed by atoms with E-state index in [-0.39, 0.29) is 41.5 Å². The first-order chi connectivity index (χ1) is 21.0. The quantitative estimate of drug-likeness (QED) is 0.282. The maximum absolute atomic E-state index is 13.8. The highest BCUT2D eigenvalue weighted by Crippen LogP contribution is 2.65. The molecule has 1 saturated heterocycles. The van der Waals surface area contributed by atoms with Gasteiger partial charge in [-0.15, -0.1) is 0 Å². The Morgan fingerprint density at radius 3 is 2.30 bits per heavy atom. The van der Waals surface area contributed by atoms with Gasteiger partial charge in [0.05, 0.1) is 17.6 Å². The van der Waals surface area contributed by atoms with Crippen LogP contribution < -0.4 is 10.6 Å². The van der Waals surface area contributed by atoms with E-state index in [0.29, 0.717) is 24.2 Å². The largest absolute Gasteiger partial charge is 0.481 e. The van der Waals surface area contributed by atoms with Crippen molar-refractivity contribution in [1.29, 1.82) is 0 Å². The smallest absolute Gasteiger partial charge is 0.449 e. The number of benzene rings is 2. The normalized spacial score (nSPS) is 27.5. The average Bonchev–Trinajstić information content (AvgIpc) is 3.52. The van der Waals surface area contributed by atoms with E-state index >= 15 is 0 Å². The van der Waals surface area contributed by atoms with Crippen LogP contribution in [0.1, 0.15) is 77.3 Å². The molecule has 0 aromatic heterocycles. The molecule has 1 aliphatic heterocycles. The third-order valence-electron chi connectivity index (χ3n) is 10.9. The van der Waals surface area contributed by atoms with Gasteiger partial charge in [0.1, 0.15) is 12.6 Å². The van der Waals surface area contributed by atoms with Gasteiger partial charge in [-0.25, -0.2) is 4.79 Å². The highest BCUT2D eigenvalue weighted by molar-refractivity contribution is 7.98. The van der Waals surface area contributed by atoms with E-state index in [1.807, 2.05) is 30.5 Å². The summed E-state index contributed by atoms with van der Waals surface area (Å²) in [7, 11) is -0.512. The zero-order valence-corrected chi connectivity index (χ0v) is 27.7. The number of thioether (sulfide) groups is 1. The van der Waals surface area contributed by atoms with Crippen molar-refractivity contribution in [2.75, 3.05) is 18.6 Å². The predicted molar refractivity (Wildman–Crippen MR) is 176 cm³/mol. The minimum absolute atomic E-state index is 0.0420. The average molecular weight is 619 g/mol. The number of amides is 2. The molecule has 5 aliphatic rings. The highest BCUT2D eigenvalue weighted by atomic mass is 32.2. The second-order valence-corrected chi connectivity index (χ2v) is 15.4. The van der Waals surface area contributed by atoms with Gasteiger partial charge in [-0.2, -0.15) is 11.8 Å². The molecule has 0 unspecified atom stereocenters. The number of fused-ring (bicyclic) bond motifs is 3. The summed E-state index contributed by atoms with van der Waals surface area (Å²) in [6.45, 7) is 11.4. The van der Waals surface area contributed by atoms with Crippen LogP contribution in [0, 0.1) is 23.2 Å². The molecule has 236 valence electrons. The maximum atomic E-state index is 13.8. The van der Waals surface area contributed by atoms with Crippen molar-refractivity contribution in [3.8, 4) is 11.1 Å². The molecular formula is C35H47BN2O5S. The summed E-state index contributed by atoms with van der Waals surface area (Å²) in [5, 5.41) is 6.12. The van der Waals surface area contributed by atoms with Gasteiger partial charge in [0.25, 0.3) is 0 Å². The molecule has 2 bridgehead atoms. The molecular weight excluding hydrogens is 571 g/mol. The molecule has 1 heterocycles. The molecule has 0 radical (unpaired) electrons. The van der Waals surface area contributed by atoms with Crippen molar-refractivity contribution in [3.63, 3.8) is 0 Å². The van der Waals surface area contributed by atoms with Crippen LogP contribution in [0.5, 0.6) is 0 Å². The number of carbonyl (C=O) groups excluding carboxylic acids is 2. The Labute approximate surface area is 267 Å². The van der Waals surface area contributed by atoms with E-state index in [4.69, 9.17) is 14.0 Å². The van der Waals surface area contributed by atoms with Crippen LogP contribution in [0.25, 0.3) is 11.1 Å². The zero-order valence-electron chi connectivity index (χ0n) is 26.9. The third-order valence-corrected chi connectivity index (χ3v) is 11.6. The van der Waals surface area contributed by atoms with Gasteiger partial charge in [0, 0.05) is 5.92 Å². The molecule has 2 aromatic rings. The molecule has 7 rings (SSSR count). The standard InChI is InChI=1S/C35H47BN2O5S/c1-21(2)17-31(36-42-30-19-22-18-29(34(22,3)4)35(30,5)43-36)38-32(39)28(15-16-44-6)37-33(40)41-20-27-25-13-9-7-11-23(25)24-12-8-10-14-26(24)27/h7-14,21-22,27-31H,15-20H2,1-6H3,(H,37,40)(H,38,39)/t22-,28-,29-,30+,31-,35-/m0/s1. The van der Waals surface area contributed by atoms with E-state index in [1.165, 1.54) is 17.5 Å². The maximum Gasteiger partial charge on any atom is 0.481 e. The fourth-order valence-corrected chi connectivity index (χ4v) is 8.86. The van der Waals surface area contributed by atoms with E-state index in [2.05, 4.69) is 69.5 Å². The molecule has 4 fully saturated rings. The molecule has 2 aromatic carbocycles. The number of ether oxygens (including phenoxy) is 1. The number of hydrogen-bond acceptors (Lipinski definition) is 6. The van der Waals surface area contributed by atoms with Crippen LogP contribution in [0.3, 0.4) is 0 Å². The molecule has 6 atom stereocenters. The summed E-state index contributed by atoms with van der Waals surface area (Å²) in [5.41, 5.74) is 4.56. The van der Waals surface area contributed by atoms with Crippen LogP contribution >= 0.6 is 11.8 Å². The monoisotopic (exact) mass is 618 g/mol. The Bertz CT molecular complexity index is 1340. The minimum Gasteiger partial charge on any atom is -0.449 e. The number of hydrogen-bond donors (Lipinski definition) is 2. The molecule has 3 saturated carbocycles. The van der Waals surface area contributed by atoms with E-state index in [0.717, 1.165) is 29.7 Å². The van der Waals surface area contributed by atoms with Crippen molar-refractivity contribution < 1.29 is 23.6 Å². The summed E-state index contributed by atoms with van der Waals surface area (Å²) in [6.07, 6.45) is 4.85. The van der Waals surface area contributed by atoms with E-state index < -0.39 is 19.3 Å².